The summed E-state index contributed by atoms with van der Waals surface area (Å²) in [7, 11) is 0. The van der Waals surface area contributed by atoms with E-state index in [1.807, 2.05) is 0 Å². The summed E-state index contributed by atoms with van der Waals surface area (Å²) in [4.78, 5) is 23.6. The van der Waals surface area contributed by atoms with Gasteiger partial charge in [-0.15, -0.1) is 0 Å². The van der Waals surface area contributed by atoms with Crippen LogP contribution in [0.15, 0.2) is 41.1 Å². The fraction of sp³-hybridized carbons (Fsp3) is 0.353. The number of ether oxygens (including phenoxy) is 1. The van der Waals surface area contributed by atoms with Gasteiger partial charge in [0.05, 0.1) is 6.61 Å². The van der Waals surface area contributed by atoms with Gasteiger partial charge in [-0.05, 0) is 30.7 Å². The minimum Gasteiger partial charge on any atom is -0.494 e. The summed E-state index contributed by atoms with van der Waals surface area (Å²) in [5.41, 5.74) is 5.07. The standard InChI is InChI=1S/C17H21N3O4/c1-2-3-4-5-11-23-14-8-6-13(7-9-14)16(21)18-19-17(22)15-10-12-24-20-15/h6-10,12H,2-5,11H2,1H3,(H,18,21)(H,19,22). The number of hydrazine groups is 1. The largest absolute Gasteiger partial charge is 0.494 e. The van der Waals surface area contributed by atoms with Gasteiger partial charge in [0.1, 0.15) is 12.0 Å². The van der Waals surface area contributed by atoms with Crippen LogP contribution in [0.3, 0.4) is 0 Å². The van der Waals surface area contributed by atoms with Crippen LogP contribution in [-0.2, 0) is 0 Å². The molecule has 0 aliphatic rings. The highest BCUT2D eigenvalue weighted by Gasteiger charge is 2.11. The van der Waals surface area contributed by atoms with Crippen LogP contribution in [0.4, 0.5) is 0 Å². The van der Waals surface area contributed by atoms with Gasteiger partial charge in [-0.25, -0.2) is 0 Å². The van der Waals surface area contributed by atoms with Gasteiger partial charge in [0.15, 0.2) is 5.69 Å². The van der Waals surface area contributed by atoms with Crippen LogP contribution >= 0.6 is 0 Å². The molecule has 2 N–H and O–H groups in total. The number of nitrogens with zero attached hydrogens (tertiary/aromatic N) is 1. The van der Waals surface area contributed by atoms with Gasteiger partial charge in [0.25, 0.3) is 11.8 Å². The lowest BCUT2D eigenvalue weighted by Gasteiger charge is -2.08. The van der Waals surface area contributed by atoms with E-state index in [0.717, 1.165) is 18.6 Å². The smallest absolute Gasteiger partial charge is 0.291 e. The van der Waals surface area contributed by atoms with Crippen molar-refractivity contribution >= 4 is 11.8 Å². The molecule has 2 aromatic rings. The maximum atomic E-state index is 12.0. The topological polar surface area (TPSA) is 93.5 Å². The highest BCUT2D eigenvalue weighted by molar-refractivity contribution is 5.98. The lowest BCUT2D eigenvalue weighted by molar-refractivity contribution is 0.0841. The van der Waals surface area contributed by atoms with Crippen LogP contribution < -0.4 is 15.6 Å². The predicted octanol–water partition coefficient (Wildman–Crippen LogP) is 2.71. The second kappa shape index (κ2) is 9.34. The van der Waals surface area contributed by atoms with E-state index in [1.165, 1.54) is 25.2 Å². The number of hydrogen-bond acceptors (Lipinski definition) is 5. The van der Waals surface area contributed by atoms with Crippen LogP contribution in [-0.4, -0.2) is 23.6 Å². The third kappa shape index (κ3) is 5.42. The van der Waals surface area contributed by atoms with Gasteiger partial charge in [-0.1, -0.05) is 31.3 Å². The van der Waals surface area contributed by atoms with Crippen LogP contribution in [0.25, 0.3) is 0 Å². The second-order valence-corrected chi connectivity index (χ2v) is 5.23. The number of hydrogen-bond donors (Lipinski definition) is 2. The molecule has 7 heteroatoms. The summed E-state index contributed by atoms with van der Waals surface area (Å²) in [5.74, 6) is -0.264. The number of carbonyl (C=O) groups excluding carboxylic acids is 2. The monoisotopic (exact) mass is 331 g/mol. The van der Waals surface area contributed by atoms with E-state index in [-0.39, 0.29) is 5.69 Å². The molecule has 0 unspecified atom stereocenters. The molecule has 1 aromatic heterocycles. The molecule has 0 radical (unpaired) electrons. The molecular weight excluding hydrogens is 310 g/mol. The Hall–Kier alpha value is -2.83. The van der Waals surface area contributed by atoms with E-state index < -0.39 is 11.8 Å². The Morgan fingerprint density at radius 2 is 1.79 bits per heavy atom. The number of rotatable bonds is 8. The molecule has 128 valence electrons. The minimum absolute atomic E-state index is 0.0853. The molecule has 0 fully saturated rings. The fourth-order valence-electron chi connectivity index (χ4n) is 2.00. The van der Waals surface area contributed by atoms with Crippen LogP contribution in [0, 0.1) is 0 Å². The van der Waals surface area contributed by atoms with E-state index in [1.54, 1.807) is 24.3 Å². The first kappa shape index (κ1) is 17.5. The summed E-state index contributed by atoms with van der Waals surface area (Å²) in [6.07, 6.45) is 5.85. The van der Waals surface area contributed by atoms with Gasteiger partial charge in [0, 0.05) is 11.6 Å². The highest BCUT2D eigenvalue weighted by atomic mass is 16.5. The highest BCUT2D eigenvalue weighted by Crippen LogP contribution is 2.13. The van der Waals surface area contributed by atoms with Crippen molar-refractivity contribution < 1.29 is 18.8 Å². The van der Waals surface area contributed by atoms with Gasteiger partial charge in [-0.2, -0.15) is 0 Å². The Morgan fingerprint density at radius 3 is 2.46 bits per heavy atom. The Labute approximate surface area is 140 Å². The van der Waals surface area contributed by atoms with Crippen molar-refractivity contribution in [2.75, 3.05) is 6.61 Å². The SMILES string of the molecule is CCCCCCOc1ccc(C(=O)NNC(=O)c2ccon2)cc1. The van der Waals surface area contributed by atoms with E-state index in [0.29, 0.717) is 12.2 Å². The van der Waals surface area contributed by atoms with Crippen molar-refractivity contribution in [1.29, 1.82) is 0 Å². The lowest BCUT2D eigenvalue weighted by atomic mass is 10.2. The molecule has 1 heterocycles. The van der Waals surface area contributed by atoms with Crippen molar-refractivity contribution in [3.8, 4) is 5.75 Å². The maximum absolute atomic E-state index is 12.0. The summed E-state index contributed by atoms with van der Waals surface area (Å²) in [6.45, 7) is 2.83. The summed E-state index contributed by atoms with van der Waals surface area (Å²) < 4.78 is 10.2. The normalized spacial score (nSPS) is 10.2. The Morgan fingerprint density at radius 1 is 1.04 bits per heavy atom. The number of nitrogens with one attached hydrogen (secondary N) is 2. The average Bonchev–Trinajstić information content (AvgIpc) is 3.14. The van der Waals surface area contributed by atoms with E-state index >= 15 is 0 Å². The zero-order chi connectivity index (χ0) is 17.2. The van der Waals surface area contributed by atoms with Crippen molar-refractivity contribution in [1.82, 2.24) is 16.0 Å². The minimum atomic E-state index is -0.552. The predicted molar refractivity (Wildman–Crippen MR) is 87.5 cm³/mol. The molecule has 0 bridgehead atoms. The molecule has 0 aliphatic carbocycles. The van der Waals surface area contributed by atoms with Gasteiger partial charge < -0.3 is 9.26 Å². The molecule has 0 saturated heterocycles. The van der Waals surface area contributed by atoms with Gasteiger partial charge >= 0.3 is 0 Å². The summed E-state index contributed by atoms with van der Waals surface area (Å²) >= 11 is 0. The van der Waals surface area contributed by atoms with Gasteiger partial charge in [0.2, 0.25) is 0 Å². The Balaban J connectivity index is 1.75. The summed E-state index contributed by atoms with van der Waals surface area (Å²) in [6, 6.07) is 8.13. The molecule has 0 atom stereocenters. The number of benzene rings is 1. The Kier molecular flexibility index (Phi) is 6.82. The first-order valence-electron chi connectivity index (χ1n) is 7.94. The lowest BCUT2D eigenvalue weighted by Crippen LogP contribution is -2.41. The third-order valence-electron chi connectivity index (χ3n) is 3.34. The second-order valence-electron chi connectivity index (χ2n) is 5.23. The van der Waals surface area contributed by atoms with Gasteiger partial charge in [-0.3, -0.25) is 20.4 Å². The zero-order valence-electron chi connectivity index (χ0n) is 13.6. The molecule has 0 spiro atoms. The first-order valence-corrected chi connectivity index (χ1v) is 7.94. The van der Waals surface area contributed by atoms with E-state index in [9.17, 15) is 9.59 Å². The maximum Gasteiger partial charge on any atom is 0.291 e. The van der Waals surface area contributed by atoms with Crippen molar-refractivity contribution in [3.63, 3.8) is 0 Å². The fourth-order valence-corrected chi connectivity index (χ4v) is 2.00. The third-order valence-corrected chi connectivity index (χ3v) is 3.34. The van der Waals surface area contributed by atoms with E-state index in [2.05, 4.69) is 27.5 Å². The molecular formula is C17H21N3O4. The molecule has 1 aromatic carbocycles. The van der Waals surface area contributed by atoms with Crippen molar-refractivity contribution in [2.45, 2.75) is 32.6 Å². The van der Waals surface area contributed by atoms with E-state index in [4.69, 9.17) is 4.74 Å². The summed E-state index contributed by atoms with van der Waals surface area (Å²) in [5, 5.41) is 3.47. The van der Waals surface area contributed by atoms with Crippen molar-refractivity contribution in [3.05, 3.63) is 47.9 Å². The number of aromatic nitrogens is 1. The zero-order valence-corrected chi connectivity index (χ0v) is 13.6. The van der Waals surface area contributed by atoms with Crippen molar-refractivity contribution in [2.24, 2.45) is 0 Å². The molecule has 0 aliphatic heterocycles. The molecule has 0 saturated carbocycles. The van der Waals surface area contributed by atoms with Crippen LogP contribution in [0.2, 0.25) is 0 Å². The number of amides is 2. The van der Waals surface area contributed by atoms with Crippen LogP contribution in [0.5, 0.6) is 5.75 Å². The Bertz CT molecular complexity index is 638. The molecule has 2 amide bonds. The van der Waals surface area contributed by atoms with Crippen LogP contribution in [0.1, 0.15) is 53.5 Å². The number of carbonyl (C=O) groups is 2. The molecule has 7 nitrogen and oxygen atoms in total. The molecule has 2 rings (SSSR count). The average molecular weight is 331 g/mol. The first-order chi connectivity index (χ1) is 11.7. The number of unbranched alkanes of at least 4 members (excludes halogenated alkanes) is 3. The quantitative estimate of drug-likeness (QED) is 0.573. The molecule has 24 heavy (non-hydrogen) atoms.